The van der Waals surface area contributed by atoms with Gasteiger partial charge in [0, 0.05) is 6.04 Å². The molecule has 0 atom stereocenters. The van der Waals surface area contributed by atoms with E-state index in [1.807, 2.05) is 6.07 Å². The minimum atomic E-state index is -3.52. The van der Waals surface area contributed by atoms with E-state index in [9.17, 15) is 13.2 Å². The first-order valence-corrected chi connectivity index (χ1v) is 8.79. The molecule has 0 radical (unpaired) electrons. The number of benzene rings is 1. The lowest BCUT2D eigenvalue weighted by Crippen LogP contribution is -2.37. The van der Waals surface area contributed by atoms with Gasteiger partial charge in [0.05, 0.1) is 17.4 Å². The van der Waals surface area contributed by atoms with Gasteiger partial charge in [-0.3, -0.25) is 4.79 Å². The summed E-state index contributed by atoms with van der Waals surface area (Å²) in [6.45, 7) is 0. The molecule has 1 fully saturated rings. The molecule has 0 aromatic heterocycles. The molecule has 1 aromatic rings. The van der Waals surface area contributed by atoms with Crippen molar-refractivity contribution in [2.24, 2.45) is 0 Å². The Morgan fingerprint density at radius 3 is 2.71 bits per heavy atom. The van der Waals surface area contributed by atoms with Gasteiger partial charge >= 0.3 is 0 Å². The highest BCUT2D eigenvalue weighted by atomic mass is 32.2. The highest BCUT2D eigenvalue weighted by molar-refractivity contribution is 7.91. The number of hydrogen-bond donors (Lipinski definition) is 1. The minimum absolute atomic E-state index is 0.120. The third-order valence-corrected chi connectivity index (χ3v) is 4.99. The van der Waals surface area contributed by atoms with Crippen LogP contribution in [0.15, 0.2) is 24.3 Å². The molecule has 0 unspecified atom stereocenters. The molecule has 0 aliphatic heterocycles. The number of nitriles is 1. The van der Waals surface area contributed by atoms with E-state index in [2.05, 4.69) is 5.32 Å². The zero-order valence-corrected chi connectivity index (χ0v) is 12.5. The predicted molar refractivity (Wildman–Crippen MR) is 79.0 cm³/mol. The summed E-state index contributed by atoms with van der Waals surface area (Å²) in [7, 11) is -3.52. The lowest BCUT2D eigenvalue weighted by atomic mass is 10.2. The Kier molecular flexibility index (Phi) is 4.97. The van der Waals surface area contributed by atoms with E-state index in [-0.39, 0.29) is 11.8 Å². The van der Waals surface area contributed by atoms with Crippen LogP contribution in [-0.2, 0) is 20.4 Å². The highest BCUT2D eigenvalue weighted by Gasteiger charge is 2.22. The minimum Gasteiger partial charge on any atom is -0.352 e. The van der Waals surface area contributed by atoms with Crippen molar-refractivity contribution in [3.05, 3.63) is 35.4 Å². The van der Waals surface area contributed by atoms with Crippen LogP contribution in [0.5, 0.6) is 0 Å². The predicted octanol–water partition coefficient (Wildman–Crippen LogP) is 1.53. The summed E-state index contributed by atoms with van der Waals surface area (Å²) in [5.74, 6) is -1.15. The molecule has 2 rings (SSSR count). The molecule has 1 aliphatic carbocycles. The summed E-state index contributed by atoms with van der Waals surface area (Å²) in [6.07, 6.45) is 4.02. The molecule has 0 bridgehead atoms. The molecule has 112 valence electrons. The first-order valence-electron chi connectivity index (χ1n) is 6.97. The molecule has 5 nitrogen and oxygen atoms in total. The summed E-state index contributed by atoms with van der Waals surface area (Å²) in [5.41, 5.74) is 0.945. The van der Waals surface area contributed by atoms with E-state index < -0.39 is 21.5 Å². The maximum Gasteiger partial charge on any atom is 0.235 e. The van der Waals surface area contributed by atoms with E-state index in [4.69, 9.17) is 5.26 Å². The number of amides is 1. The van der Waals surface area contributed by atoms with Crippen LogP contribution in [0, 0.1) is 11.3 Å². The van der Waals surface area contributed by atoms with Gasteiger partial charge in [-0.15, -0.1) is 0 Å². The molecule has 1 amide bonds. The first kappa shape index (κ1) is 15.5. The molecule has 1 aromatic carbocycles. The second-order valence-electron chi connectivity index (χ2n) is 5.39. The zero-order chi connectivity index (χ0) is 15.3. The van der Waals surface area contributed by atoms with Crippen LogP contribution in [0.3, 0.4) is 0 Å². The largest absolute Gasteiger partial charge is 0.352 e. The van der Waals surface area contributed by atoms with Gasteiger partial charge in [0.2, 0.25) is 5.91 Å². The monoisotopic (exact) mass is 306 g/mol. The van der Waals surface area contributed by atoms with Crippen LogP contribution < -0.4 is 5.32 Å². The average Bonchev–Trinajstić information content (AvgIpc) is 2.90. The number of rotatable bonds is 5. The second kappa shape index (κ2) is 6.72. The van der Waals surface area contributed by atoms with Crippen molar-refractivity contribution in [2.45, 2.75) is 37.5 Å². The fourth-order valence-corrected chi connectivity index (χ4v) is 3.85. The van der Waals surface area contributed by atoms with E-state index in [1.54, 1.807) is 18.2 Å². The van der Waals surface area contributed by atoms with Gasteiger partial charge in [-0.1, -0.05) is 25.0 Å². The van der Waals surface area contributed by atoms with Crippen molar-refractivity contribution in [3.63, 3.8) is 0 Å². The fraction of sp³-hybridized carbons (Fsp3) is 0.467. The van der Waals surface area contributed by atoms with Crippen molar-refractivity contribution in [2.75, 3.05) is 5.75 Å². The Morgan fingerprint density at radius 2 is 2.05 bits per heavy atom. The Labute approximate surface area is 124 Å². The summed E-state index contributed by atoms with van der Waals surface area (Å²) in [6, 6.07) is 8.52. The van der Waals surface area contributed by atoms with E-state index >= 15 is 0 Å². The van der Waals surface area contributed by atoms with Gasteiger partial charge in [-0.2, -0.15) is 5.26 Å². The van der Waals surface area contributed by atoms with E-state index in [1.165, 1.54) is 6.07 Å². The molecule has 0 spiro atoms. The molecule has 1 saturated carbocycles. The standard InChI is InChI=1S/C15H18N2O3S/c16-9-12-4-3-5-13(8-12)10-21(19,20)11-15(18)17-14-6-1-2-7-14/h3-5,8,14H,1-2,6-7,10-11H2,(H,17,18). The maximum atomic E-state index is 12.0. The molecular weight excluding hydrogens is 288 g/mol. The fourth-order valence-electron chi connectivity index (χ4n) is 2.57. The molecule has 6 heteroatoms. The van der Waals surface area contributed by atoms with Crippen LogP contribution in [0.25, 0.3) is 0 Å². The van der Waals surface area contributed by atoms with Gasteiger partial charge in [-0.05, 0) is 30.5 Å². The number of carbonyl (C=O) groups is 1. The molecule has 0 heterocycles. The smallest absolute Gasteiger partial charge is 0.235 e. The van der Waals surface area contributed by atoms with Crippen LogP contribution in [0.1, 0.15) is 36.8 Å². The summed E-state index contributed by atoms with van der Waals surface area (Å²) in [4.78, 5) is 11.8. The van der Waals surface area contributed by atoms with Crippen molar-refractivity contribution in [1.29, 1.82) is 5.26 Å². The Bertz CT molecular complexity index is 656. The number of nitrogens with one attached hydrogen (secondary N) is 1. The number of hydrogen-bond acceptors (Lipinski definition) is 4. The summed E-state index contributed by atoms with van der Waals surface area (Å²) >= 11 is 0. The second-order valence-corrected chi connectivity index (χ2v) is 7.46. The highest BCUT2D eigenvalue weighted by Crippen LogP contribution is 2.17. The van der Waals surface area contributed by atoms with Crippen LogP contribution in [-0.4, -0.2) is 26.1 Å². The third-order valence-electron chi connectivity index (χ3n) is 3.51. The number of sulfone groups is 1. The third kappa shape index (κ3) is 4.87. The summed E-state index contributed by atoms with van der Waals surface area (Å²) in [5, 5.41) is 11.6. The van der Waals surface area contributed by atoms with Gasteiger partial charge in [-0.25, -0.2) is 8.42 Å². The SMILES string of the molecule is N#Cc1cccc(CS(=O)(=O)CC(=O)NC2CCCC2)c1. The van der Waals surface area contributed by atoms with Gasteiger partial charge in [0.1, 0.15) is 5.75 Å². The van der Waals surface area contributed by atoms with Crippen molar-refractivity contribution >= 4 is 15.7 Å². The van der Waals surface area contributed by atoms with Crippen LogP contribution in [0.2, 0.25) is 0 Å². The van der Waals surface area contributed by atoms with Crippen LogP contribution in [0.4, 0.5) is 0 Å². The molecular formula is C15H18N2O3S. The lowest BCUT2D eigenvalue weighted by molar-refractivity contribution is -0.119. The summed E-state index contributed by atoms with van der Waals surface area (Å²) < 4.78 is 24.1. The van der Waals surface area contributed by atoms with Gasteiger partial charge < -0.3 is 5.32 Å². The van der Waals surface area contributed by atoms with Gasteiger partial charge in [0.25, 0.3) is 0 Å². The molecule has 1 N–H and O–H groups in total. The number of carbonyl (C=O) groups excluding carboxylic acids is 1. The Hall–Kier alpha value is -1.87. The number of nitrogens with zero attached hydrogens (tertiary/aromatic N) is 1. The van der Waals surface area contributed by atoms with E-state index in [0.717, 1.165) is 25.7 Å². The Morgan fingerprint density at radius 1 is 1.33 bits per heavy atom. The normalized spacial score (nSPS) is 15.6. The average molecular weight is 306 g/mol. The van der Waals surface area contributed by atoms with Crippen molar-refractivity contribution < 1.29 is 13.2 Å². The lowest BCUT2D eigenvalue weighted by Gasteiger charge is -2.12. The molecule has 21 heavy (non-hydrogen) atoms. The maximum absolute atomic E-state index is 12.0. The van der Waals surface area contributed by atoms with E-state index in [0.29, 0.717) is 11.1 Å². The van der Waals surface area contributed by atoms with Crippen molar-refractivity contribution in [3.8, 4) is 6.07 Å². The first-order chi connectivity index (χ1) is 9.98. The van der Waals surface area contributed by atoms with Gasteiger partial charge in [0.15, 0.2) is 9.84 Å². The Balaban J connectivity index is 1.94. The molecule has 0 saturated heterocycles. The van der Waals surface area contributed by atoms with Crippen LogP contribution >= 0.6 is 0 Å². The zero-order valence-electron chi connectivity index (χ0n) is 11.7. The quantitative estimate of drug-likeness (QED) is 0.893. The topological polar surface area (TPSA) is 87.0 Å². The van der Waals surface area contributed by atoms with Crippen molar-refractivity contribution in [1.82, 2.24) is 5.32 Å². The molecule has 1 aliphatic rings.